The zero-order chi connectivity index (χ0) is 32.8. The number of halogens is 2. The van der Waals surface area contributed by atoms with Crippen LogP contribution in [0, 0.1) is 5.82 Å². The summed E-state index contributed by atoms with van der Waals surface area (Å²) in [6, 6.07) is 10.0. The molecule has 1 unspecified atom stereocenters. The number of para-hydroxylation sites is 1. The first-order valence-electron chi connectivity index (χ1n) is 14.7. The van der Waals surface area contributed by atoms with Gasteiger partial charge in [0.25, 0.3) is 5.91 Å². The Hall–Kier alpha value is -4.08. The van der Waals surface area contributed by atoms with E-state index in [1.807, 2.05) is 17.0 Å². The van der Waals surface area contributed by atoms with Crippen LogP contribution in [0.25, 0.3) is 11.3 Å². The number of methoxy groups -OCH3 is 1. The molecule has 12 nitrogen and oxygen atoms in total. The maximum Gasteiger partial charge on any atom is 0.267 e. The Morgan fingerprint density at radius 1 is 1.17 bits per heavy atom. The van der Waals surface area contributed by atoms with E-state index in [0.717, 1.165) is 42.5 Å². The van der Waals surface area contributed by atoms with E-state index in [2.05, 4.69) is 39.4 Å². The highest BCUT2D eigenvalue weighted by molar-refractivity contribution is 7.17. The Labute approximate surface area is 275 Å². The van der Waals surface area contributed by atoms with Crippen LogP contribution >= 0.6 is 22.9 Å². The molecule has 1 amide bonds. The number of aromatic nitrogens is 3. The monoisotopic (exact) mass is 670 g/mol. The SMILES string of the molecule is COc1ccc(-c2cnc(N3CCN(C)C(C)C3)c(N(CCO)CCO)c2)nc1Nc1ncc(C(=O)Nc2c(F)cccc2Cl)s1. The van der Waals surface area contributed by atoms with E-state index in [9.17, 15) is 19.4 Å². The quantitative estimate of drug-likeness (QED) is 0.171. The smallest absolute Gasteiger partial charge is 0.267 e. The van der Waals surface area contributed by atoms with Gasteiger partial charge in [-0.2, -0.15) is 0 Å². The molecule has 1 atom stereocenters. The van der Waals surface area contributed by atoms with Gasteiger partial charge in [-0.1, -0.05) is 29.0 Å². The number of rotatable bonds is 12. The largest absolute Gasteiger partial charge is 0.493 e. The summed E-state index contributed by atoms with van der Waals surface area (Å²) in [4.78, 5) is 33.5. The van der Waals surface area contributed by atoms with Gasteiger partial charge in [-0.3, -0.25) is 4.79 Å². The van der Waals surface area contributed by atoms with Gasteiger partial charge >= 0.3 is 0 Å². The van der Waals surface area contributed by atoms with Crippen molar-refractivity contribution in [2.24, 2.45) is 0 Å². The number of hydrogen-bond acceptors (Lipinski definition) is 12. The molecule has 4 aromatic rings. The first kappa shape index (κ1) is 33.3. The Kier molecular flexibility index (Phi) is 10.9. The second-order valence-corrected chi connectivity index (χ2v) is 12.2. The third-order valence-corrected chi connectivity index (χ3v) is 8.94. The molecule has 4 N–H and O–H groups in total. The van der Waals surface area contributed by atoms with E-state index in [4.69, 9.17) is 26.3 Å². The third-order valence-electron chi connectivity index (χ3n) is 7.72. The zero-order valence-corrected chi connectivity index (χ0v) is 27.3. The fraction of sp³-hybridized carbons (Fsp3) is 0.355. The minimum absolute atomic E-state index is 0.0845. The molecule has 46 heavy (non-hydrogen) atoms. The number of hydrogen-bond donors (Lipinski definition) is 4. The van der Waals surface area contributed by atoms with Crippen molar-refractivity contribution in [3.63, 3.8) is 0 Å². The van der Waals surface area contributed by atoms with Crippen molar-refractivity contribution in [1.82, 2.24) is 19.9 Å². The summed E-state index contributed by atoms with van der Waals surface area (Å²) in [6.45, 7) is 5.13. The molecule has 0 radical (unpaired) electrons. The lowest BCUT2D eigenvalue weighted by atomic mass is 10.1. The fourth-order valence-corrected chi connectivity index (χ4v) is 6.01. The van der Waals surface area contributed by atoms with E-state index in [1.54, 1.807) is 12.3 Å². The molecule has 3 aromatic heterocycles. The summed E-state index contributed by atoms with van der Waals surface area (Å²) in [5.41, 5.74) is 1.99. The number of thiazole rings is 1. The molecule has 4 heterocycles. The molecular weight excluding hydrogens is 635 g/mol. The molecule has 0 aliphatic carbocycles. The van der Waals surface area contributed by atoms with Gasteiger partial charge in [0, 0.05) is 50.5 Å². The van der Waals surface area contributed by atoms with Crippen LogP contribution in [0.1, 0.15) is 16.6 Å². The lowest BCUT2D eigenvalue weighted by Gasteiger charge is -2.40. The standard InChI is InChI=1S/C31H36ClFN8O4S/c1-19-18-41(10-9-39(19)2)29-24(40(11-13-42)12-14-43)15-20(16-34-29)23-7-8-25(45-3)28(36-23)38-31-35-17-26(46-31)30(44)37-27-21(32)5-4-6-22(27)33/h4-8,15-17,19,42-43H,9-14,18H2,1-3H3,(H,37,44)(H,35,36,38). The number of carbonyl (C=O) groups is 1. The van der Waals surface area contributed by atoms with Gasteiger partial charge < -0.3 is 40.3 Å². The number of ether oxygens (including phenoxy) is 1. The Bertz CT molecular complexity index is 1650. The minimum atomic E-state index is -0.644. The number of piperazine rings is 1. The summed E-state index contributed by atoms with van der Waals surface area (Å²) >= 11 is 7.11. The highest BCUT2D eigenvalue weighted by atomic mass is 35.5. The Morgan fingerprint density at radius 2 is 1.96 bits per heavy atom. The number of nitrogens with zero attached hydrogens (tertiary/aromatic N) is 6. The van der Waals surface area contributed by atoms with Crippen LogP contribution in [0.5, 0.6) is 5.75 Å². The van der Waals surface area contributed by atoms with Crippen LogP contribution in [-0.4, -0.2) is 102 Å². The molecule has 0 bridgehead atoms. The molecule has 1 aliphatic rings. The van der Waals surface area contributed by atoms with Crippen LogP contribution in [0.3, 0.4) is 0 Å². The summed E-state index contributed by atoms with van der Waals surface area (Å²) in [6.07, 6.45) is 3.13. The maximum absolute atomic E-state index is 14.2. The first-order valence-corrected chi connectivity index (χ1v) is 15.9. The van der Waals surface area contributed by atoms with Crippen LogP contribution < -0.4 is 25.2 Å². The molecule has 5 rings (SSSR count). The van der Waals surface area contributed by atoms with Crippen molar-refractivity contribution in [3.05, 3.63) is 64.5 Å². The number of aliphatic hydroxyl groups is 2. The maximum atomic E-state index is 14.2. The van der Waals surface area contributed by atoms with Crippen molar-refractivity contribution < 1.29 is 24.1 Å². The summed E-state index contributed by atoms with van der Waals surface area (Å²) in [5.74, 6) is 0.382. The summed E-state index contributed by atoms with van der Waals surface area (Å²) in [5, 5.41) is 25.7. The van der Waals surface area contributed by atoms with Gasteiger partial charge in [0.2, 0.25) is 0 Å². The van der Waals surface area contributed by atoms with Gasteiger partial charge in [-0.05, 0) is 44.3 Å². The summed E-state index contributed by atoms with van der Waals surface area (Å²) < 4.78 is 19.7. The lowest BCUT2D eigenvalue weighted by Crippen LogP contribution is -2.50. The van der Waals surface area contributed by atoms with Crippen molar-refractivity contribution in [1.29, 1.82) is 0 Å². The van der Waals surface area contributed by atoms with Crippen LogP contribution in [0.4, 0.5) is 32.5 Å². The van der Waals surface area contributed by atoms with E-state index < -0.39 is 11.7 Å². The zero-order valence-electron chi connectivity index (χ0n) is 25.7. The Balaban J connectivity index is 1.43. The van der Waals surface area contributed by atoms with Crippen molar-refractivity contribution in [2.75, 3.05) is 80.5 Å². The number of pyridine rings is 2. The number of carbonyl (C=O) groups excluding carboxylic acids is 1. The van der Waals surface area contributed by atoms with Gasteiger partial charge in [-0.25, -0.2) is 19.3 Å². The molecular formula is C31H36ClFN8O4S. The molecule has 0 saturated carbocycles. The van der Waals surface area contributed by atoms with E-state index in [1.165, 1.54) is 31.5 Å². The fourth-order valence-electron chi connectivity index (χ4n) is 5.09. The van der Waals surface area contributed by atoms with Crippen molar-refractivity contribution >= 4 is 57.0 Å². The van der Waals surface area contributed by atoms with Crippen molar-refractivity contribution in [3.8, 4) is 17.0 Å². The molecule has 1 saturated heterocycles. The molecule has 0 spiro atoms. The average molecular weight is 671 g/mol. The topological polar surface area (TPSA) is 139 Å². The molecule has 1 aliphatic heterocycles. The van der Waals surface area contributed by atoms with Crippen LogP contribution in [0.2, 0.25) is 5.02 Å². The van der Waals surface area contributed by atoms with E-state index in [0.29, 0.717) is 47.1 Å². The van der Waals surface area contributed by atoms with Gasteiger partial charge in [-0.15, -0.1) is 0 Å². The number of amides is 1. The molecule has 1 fully saturated rings. The highest BCUT2D eigenvalue weighted by Gasteiger charge is 2.26. The van der Waals surface area contributed by atoms with Gasteiger partial charge in [0.1, 0.15) is 10.7 Å². The van der Waals surface area contributed by atoms with Gasteiger partial charge in [0.05, 0.1) is 48.6 Å². The molecule has 1 aromatic carbocycles. The second-order valence-electron chi connectivity index (χ2n) is 10.7. The first-order chi connectivity index (χ1) is 22.2. The molecule has 244 valence electrons. The summed E-state index contributed by atoms with van der Waals surface area (Å²) in [7, 11) is 3.63. The van der Waals surface area contributed by atoms with Crippen LogP contribution in [-0.2, 0) is 0 Å². The number of aliphatic hydroxyl groups excluding tert-OH is 2. The van der Waals surface area contributed by atoms with E-state index in [-0.39, 0.29) is 28.8 Å². The average Bonchev–Trinajstić information content (AvgIpc) is 3.52. The Morgan fingerprint density at radius 3 is 2.65 bits per heavy atom. The minimum Gasteiger partial charge on any atom is -0.493 e. The number of likely N-dealkylation sites (N-methyl/N-ethyl adjacent to an activating group) is 1. The highest BCUT2D eigenvalue weighted by Crippen LogP contribution is 2.36. The molecule has 15 heteroatoms. The van der Waals surface area contributed by atoms with Crippen molar-refractivity contribution in [2.45, 2.75) is 13.0 Å². The third kappa shape index (κ3) is 7.48. The number of benzene rings is 1. The second kappa shape index (κ2) is 15.0. The predicted octanol–water partition coefficient (Wildman–Crippen LogP) is 4.33. The van der Waals surface area contributed by atoms with Crippen LogP contribution in [0.15, 0.2) is 48.8 Å². The lowest BCUT2D eigenvalue weighted by molar-refractivity contribution is 0.103. The number of anilines is 5. The van der Waals surface area contributed by atoms with Gasteiger partial charge in [0.15, 0.2) is 22.5 Å². The number of nitrogens with one attached hydrogen (secondary N) is 2. The normalized spacial score (nSPS) is 15.1. The van der Waals surface area contributed by atoms with E-state index >= 15 is 0 Å². The predicted molar refractivity (Wildman–Crippen MR) is 179 cm³/mol.